The Morgan fingerprint density at radius 2 is 0.511 bits per heavy atom. The third-order valence-corrected chi connectivity index (χ3v) is 16.0. The van der Waals surface area contributed by atoms with Gasteiger partial charge < -0.3 is 4.55 Å². The second-order valence-electron chi connectivity index (χ2n) is 15.0. The third-order valence-electron chi connectivity index (χ3n) is 10.2. The van der Waals surface area contributed by atoms with E-state index in [1.54, 1.807) is 50.3 Å². The molecule has 0 radical (unpaired) electrons. The average molecular weight is 705 g/mol. The van der Waals surface area contributed by atoms with Crippen LogP contribution in [0.15, 0.2) is 0 Å². The van der Waals surface area contributed by atoms with Gasteiger partial charge in [-0.1, -0.05) is 182 Å². The SMILES string of the molecule is CCCCCCCCCCS(=O)(=O)[O-].CCCCCCCC[P+](CCCCCCCC)(CCCCCCCC)CCCCCCCC. The first kappa shape index (κ1) is 49.5. The molecule has 5 heteroatoms. The van der Waals surface area contributed by atoms with Crippen molar-refractivity contribution in [1.29, 1.82) is 0 Å². The molecule has 0 bridgehead atoms. The molecule has 0 unspecified atom stereocenters. The largest absolute Gasteiger partial charge is 0.748 e. The molecule has 0 saturated heterocycles. The summed E-state index contributed by atoms with van der Waals surface area (Å²) in [5.74, 6) is -0.193. The highest BCUT2D eigenvalue weighted by atomic mass is 32.2. The molecule has 0 spiro atoms. The molecule has 0 fully saturated rings. The highest BCUT2D eigenvalue weighted by molar-refractivity contribution is 7.85. The first-order chi connectivity index (χ1) is 22.8. The van der Waals surface area contributed by atoms with Crippen LogP contribution >= 0.6 is 7.26 Å². The van der Waals surface area contributed by atoms with Crippen molar-refractivity contribution in [2.45, 2.75) is 240 Å². The van der Waals surface area contributed by atoms with Gasteiger partial charge in [0.05, 0.1) is 34.8 Å². The summed E-state index contributed by atoms with van der Waals surface area (Å²) in [6, 6.07) is 0. The van der Waals surface area contributed by atoms with E-state index in [2.05, 4.69) is 34.6 Å². The van der Waals surface area contributed by atoms with Crippen LogP contribution in [0.2, 0.25) is 0 Å². The summed E-state index contributed by atoms with van der Waals surface area (Å²) in [6.45, 7) is 11.6. The molecule has 0 rings (SSSR count). The van der Waals surface area contributed by atoms with Gasteiger partial charge in [0, 0.05) is 13.0 Å². The van der Waals surface area contributed by atoms with Crippen LogP contribution in [0, 0.1) is 0 Å². The smallest absolute Gasteiger partial charge is 0.0945 e. The van der Waals surface area contributed by atoms with Gasteiger partial charge >= 0.3 is 0 Å². The molecule has 0 aromatic carbocycles. The second-order valence-corrected chi connectivity index (χ2v) is 21.0. The van der Waals surface area contributed by atoms with Crippen LogP contribution in [0.1, 0.15) is 240 Å². The minimum absolute atomic E-state index is 0.193. The van der Waals surface area contributed by atoms with Crippen LogP contribution < -0.4 is 0 Å². The zero-order valence-corrected chi connectivity index (χ0v) is 35.0. The summed E-state index contributed by atoms with van der Waals surface area (Å²) in [4.78, 5) is 0. The van der Waals surface area contributed by atoms with E-state index in [0.717, 1.165) is 12.8 Å². The van der Waals surface area contributed by atoms with E-state index >= 15 is 0 Å². The van der Waals surface area contributed by atoms with Crippen LogP contribution in [0.5, 0.6) is 0 Å². The Morgan fingerprint density at radius 1 is 0.319 bits per heavy atom. The van der Waals surface area contributed by atoms with Crippen LogP contribution in [0.4, 0.5) is 0 Å². The topological polar surface area (TPSA) is 57.2 Å². The van der Waals surface area contributed by atoms with Crippen molar-refractivity contribution < 1.29 is 13.0 Å². The lowest BCUT2D eigenvalue weighted by Crippen LogP contribution is -2.13. The Bertz CT molecular complexity index is 612. The molecule has 0 amide bonds. The molecule has 0 aliphatic carbocycles. The molecule has 0 N–H and O–H groups in total. The van der Waals surface area contributed by atoms with Gasteiger partial charge in [-0.3, -0.25) is 0 Å². The zero-order valence-electron chi connectivity index (χ0n) is 33.2. The molecule has 0 atom stereocenters. The predicted octanol–water partition coefficient (Wildman–Crippen LogP) is 15.1. The molecular weight excluding hydrogens is 616 g/mol. The quantitative estimate of drug-likeness (QED) is 0.0367. The first-order valence-corrected chi connectivity index (χ1v) is 25.7. The minimum atomic E-state index is -3.98. The fourth-order valence-electron chi connectivity index (χ4n) is 6.99. The maximum Gasteiger partial charge on any atom is 0.0945 e. The van der Waals surface area contributed by atoms with E-state index in [0.29, 0.717) is 6.42 Å². The normalized spacial score (nSPS) is 12.0. The van der Waals surface area contributed by atoms with Crippen molar-refractivity contribution in [2.24, 2.45) is 0 Å². The molecule has 0 heterocycles. The van der Waals surface area contributed by atoms with Crippen molar-refractivity contribution in [3.63, 3.8) is 0 Å². The van der Waals surface area contributed by atoms with Crippen molar-refractivity contribution in [3.8, 4) is 0 Å². The van der Waals surface area contributed by atoms with Gasteiger partial charge in [-0.25, -0.2) is 8.42 Å². The van der Waals surface area contributed by atoms with E-state index in [-0.39, 0.29) is 5.75 Å². The van der Waals surface area contributed by atoms with E-state index in [4.69, 9.17) is 0 Å². The van der Waals surface area contributed by atoms with Gasteiger partial charge in [-0.2, -0.15) is 0 Å². The Morgan fingerprint density at radius 3 is 0.723 bits per heavy atom. The number of unbranched alkanes of at least 4 members (excludes halogenated alkanes) is 27. The maximum atomic E-state index is 10.2. The lowest BCUT2D eigenvalue weighted by Gasteiger charge is -2.28. The van der Waals surface area contributed by atoms with Gasteiger partial charge in [0.1, 0.15) is 0 Å². The summed E-state index contributed by atoms with van der Waals surface area (Å²) < 4.78 is 30.7. The van der Waals surface area contributed by atoms with Gasteiger partial charge in [0.25, 0.3) is 0 Å². The van der Waals surface area contributed by atoms with Crippen molar-refractivity contribution in [2.75, 3.05) is 30.4 Å². The molecule has 0 aliphatic heterocycles. The predicted molar refractivity (Wildman–Crippen MR) is 217 cm³/mol. The molecule has 0 aromatic heterocycles. The molecule has 0 aliphatic rings. The standard InChI is InChI=1S/C32H68P.C10H22O3S/c1-5-9-13-17-21-25-29-33(30-26-22-18-14-10-6-2,31-27-23-19-15-11-7-3)32-28-24-20-16-12-8-4;1-2-3-4-5-6-7-8-9-10-14(11,12)13/h5-32H2,1-4H3;2-10H2,1H3,(H,11,12,13)/q+1;/p-1. The van der Waals surface area contributed by atoms with Gasteiger partial charge in [-0.15, -0.1) is 0 Å². The maximum absolute atomic E-state index is 10.2. The first-order valence-electron chi connectivity index (χ1n) is 21.6. The zero-order chi connectivity index (χ0) is 35.2. The second kappa shape index (κ2) is 39.1. The summed E-state index contributed by atoms with van der Waals surface area (Å²) >= 11 is 0. The molecule has 0 saturated carbocycles. The Hall–Kier alpha value is 0.340. The number of hydrogen-bond acceptors (Lipinski definition) is 3. The Labute approximate surface area is 299 Å². The highest BCUT2D eigenvalue weighted by Gasteiger charge is 2.35. The summed E-state index contributed by atoms with van der Waals surface area (Å²) in [5.41, 5.74) is 0. The third kappa shape index (κ3) is 40.7. The molecule has 0 aromatic rings. The number of hydrogen-bond donors (Lipinski definition) is 0. The molecule has 47 heavy (non-hydrogen) atoms. The van der Waals surface area contributed by atoms with Crippen molar-refractivity contribution >= 4 is 17.4 Å². The fraction of sp³-hybridized carbons (Fsp3) is 1.00. The molecule has 286 valence electrons. The molecular formula is C42H89O3PS. The minimum Gasteiger partial charge on any atom is -0.748 e. The van der Waals surface area contributed by atoms with Crippen molar-refractivity contribution in [3.05, 3.63) is 0 Å². The average Bonchev–Trinajstić information content (AvgIpc) is 3.05. The van der Waals surface area contributed by atoms with E-state index < -0.39 is 17.4 Å². The monoisotopic (exact) mass is 705 g/mol. The van der Waals surface area contributed by atoms with Gasteiger partial charge in [0.15, 0.2) is 0 Å². The lowest BCUT2D eigenvalue weighted by molar-refractivity contribution is 0.459. The number of rotatable bonds is 37. The summed E-state index contributed by atoms with van der Waals surface area (Å²) in [5, 5.41) is 0. The lowest BCUT2D eigenvalue weighted by atomic mass is 10.1. The van der Waals surface area contributed by atoms with E-state index in [1.807, 2.05) is 0 Å². The van der Waals surface area contributed by atoms with E-state index in [1.165, 1.54) is 161 Å². The Balaban J connectivity index is 0. The molecule has 3 nitrogen and oxygen atoms in total. The van der Waals surface area contributed by atoms with Crippen LogP contribution in [0.25, 0.3) is 0 Å². The summed E-state index contributed by atoms with van der Waals surface area (Å²) in [7, 11) is -4.69. The summed E-state index contributed by atoms with van der Waals surface area (Å²) in [6.07, 6.45) is 50.8. The highest BCUT2D eigenvalue weighted by Crippen LogP contribution is 2.61. The Kier molecular flexibility index (Phi) is 41.2. The van der Waals surface area contributed by atoms with Crippen LogP contribution in [-0.2, 0) is 10.1 Å². The van der Waals surface area contributed by atoms with Crippen LogP contribution in [0.3, 0.4) is 0 Å². The van der Waals surface area contributed by atoms with Crippen LogP contribution in [-0.4, -0.2) is 43.4 Å². The van der Waals surface area contributed by atoms with Gasteiger partial charge in [0.2, 0.25) is 0 Å². The van der Waals surface area contributed by atoms with E-state index in [9.17, 15) is 13.0 Å². The van der Waals surface area contributed by atoms with Gasteiger partial charge in [-0.05, 0) is 57.8 Å². The van der Waals surface area contributed by atoms with Crippen molar-refractivity contribution in [1.82, 2.24) is 0 Å². The fourth-order valence-corrected chi connectivity index (χ4v) is 12.5.